The van der Waals surface area contributed by atoms with Gasteiger partial charge in [-0.1, -0.05) is 23.7 Å². The zero-order valence-electron chi connectivity index (χ0n) is 16.2. The van der Waals surface area contributed by atoms with Gasteiger partial charge in [0.25, 0.3) is 0 Å². The number of nitrogen functional groups attached to an aromatic ring is 1. The van der Waals surface area contributed by atoms with E-state index >= 15 is 0 Å². The molecule has 148 valence electrons. The normalized spacial score (nSPS) is 16.7. The van der Waals surface area contributed by atoms with E-state index in [1.807, 2.05) is 41.7 Å². The van der Waals surface area contributed by atoms with Gasteiger partial charge < -0.3 is 15.8 Å². The maximum Gasteiger partial charge on any atom is 0.150 e. The van der Waals surface area contributed by atoms with Crippen LogP contribution in [-0.4, -0.2) is 33.6 Å². The van der Waals surface area contributed by atoms with Crippen molar-refractivity contribution in [3.05, 3.63) is 53.2 Å². The molecule has 5 rings (SSSR count). The number of nitrogens with two attached hydrogens (primary N) is 1. The molecule has 29 heavy (non-hydrogen) atoms. The van der Waals surface area contributed by atoms with E-state index in [4.69, 9.17) is 22.1 Å². The SMILES string of the molecule is Cc1cccc(Cl)c1-c1ncc2c(N)nc3ccc(NCC4CCCO4)cc3n12. The lowest BCUT2D eigenvalue weighted by molar-refractivity contribution is 0.120. The molecular weight excluding hydrogens is 386 g/mol. The molecule has 2 aromatic heterocycles. The van der Waals surface area contributed by atoms with Gasteiger partial charge in [0.05, 0.1) is 28.4 Å². The number of halogens is 1. The highest BCUT2D eigenvalue weighted by atomic mass is 35.5. The number of fused-ring (bicyclic) bond motifs is 3. The molecule has 0 amide bonds. The zero-order valence-corrected chi connectivity index (χ0v) is 16.9. The standard InChI is InChI=1S/C22H22ClN5O/c1-13-4-2-6-16(23)20(13)22-26-12-19-21(24)27-17-8-7-14(10-18(17)28(19)22)25-11-15-5-3-9-29-15/h2,4,6-8,10,12,15,25H,3,5,9,11H2,1H3,(H2,24,27). The number of imidazole rings is 1. The van der Waals surface area contributed by atoms with E-state index < -0.39 is 0 Å². The highest BCUT2D eigenvalue weighted by Gasteiger charge is 2.18. The number of rotatable bonds is 4. The van der Waals surface area contributed by atoms with Crippen LogP contribution in [0.15, 0.2) is 42.6 Å². The van der Waals surface area contributed by atoms with Crippen LogP contribution in [0, 0.1) is 6.92 Å². The van der Waals surface area contributed by atoms with Crippen molar-refractivity contribution in [2.24, 2.45) is 0 Å². The summed E-state index contributed by atoms with van der Waals surface area (Å²) in [5.41, 5.74) is 11.7. The Labute approximate surface area is 173 Å². The van der Waals surface area contributed by atoms with Crippen molar-refractivity contribution in [3.63, 3.8) is 0 Å². The summed E-state index contributed by atoms with van der Waals surface area (Å²) in [6.45, 7) is 3.67. The minimum absolute atomic E-state index is 0.268. The molecule has 0 saturated carbocycles. The molecule has 1 fully saturated rings. The molecule has 7 heteroatoms. The lowest BCUT2D eigenvalue weighted by Crippen LogP contribution is -2.18. The molecule has 1 saturated heterocycles. The predicted octanol–water partition coefficient (Wildman–Crippen LogP) is 4.68. The van der Waals surface area contributed by atoms with Gasteiger partial charge in [-0.3, -0.25) is 4.40 Å². The van der Waals surface area contributed by atoms with E-state index in [2.05, 4.69) is 21.4 Å². The largest absolute Gasteiger partial charge is 0.382 e. The number of benzene rings is 2. The molecule has 1 atom stereocenters. The molecule has 1 aliphatic heterocycles. The lowest BCUT2D eigenvalue weighted by atomic mass is 10.1. The molecule has 6 nitrogen and oxygen atoms in total. The van der Waals surface area contributed by atoms with E-state index in [1.54, 1.807) is 6.20 Å². The second-order valence-corrected chi connectivity index (χ2v) is 7.86. The van der Waals surface area contributed by atoms with Crippen LogP contribution in [0.25, 0.3) is 27.9 Å². The van der Waals surface area contributed by atoms with Crippen molar-refractivity contribution in [2.45, 2.75) is 25.9 Å². The Balaban J connectivity index is 1.67. The summed E-state index contributed by atoms with van der Waals surface area (Å²) >= 11 is 6.54. The minimum Gasteiger partial charge on any atom is -0.382 e. The average Bonchev–Trinajstić information content (AvgIpc) is 3.37. The van der Waals surface area contributed by atoms with Gasteiger partial charge in [0, 0.05) is 24.4 Å². The first-order chi connectivity index (χ1) is 14.1. The van der Waals surface area contributed by atoms with Crippen LogP contribution in [-0.2, 0) is 4.74 Å². The number of anilines is 2. The van der Waals surface area contributed by atoms with Gasteiger partial charge in [0.15, 0.2) is 0 Å². The summed E-state index contributed by atoms with van der Waals surface area (Å²) in [6, 6.07) is 11.9. The van der Waals surface area contributed by atoms with Gasteiger partial charge in [0.2, 0.25) is 0 Å². The lowest BCUT2D eigenvalue weighted by Gasteiger charge is -2.14. The Hall–Kier alpha value is -2.83. The van der Waals surface area contributed by atoms with E-state index in [-0.39, 0.29) is 6.10 Å². The van der Waals surface area contributed by atoms with Gasteiger partial charge in [-0.05, 0) is 49.6 Å². The maximum absolute atomic E-state index is 6.54. The summed E-state index contributed by atoms with van der Waals surface area (Å²) < 4.78 is 7.76. The van der Waals surface area contributed by atoms with Gasteiger partial charge in [-0.2, -0.15) is 0 Å². The predicted molar refractivity (Wildman–Crippen MR) is 118 cm³/mol. The number of nitrogens with zero attached hydrogens (tertiary/aromatic N) is 3. The number of hydrogen-bond acceptors (Lipinski definition) is 5. The first-order valence-corrected chi connectivity index (χ1v) is 10.2. The quantitative estimate of drug-likeness (QED) is 0.513. The third kappa shape index (κ3) is 3.18. The van der Waals surface area contributed by atoms with Crippen LogP contribution >= 0.6 is 11.6 Å². The highest BCUT2D eigenvalue weighted by Crippen LogP contribution is 2.34. The molecule has 0 radical (unpaired) electrons. The van der Waals surface area contributed by atoms with Crippen LogP contribution in [0.3, 0.4) is 0 Å². The topological polar surface area (TPSA) is 77.5 Å². The van der Waals surface area contributed by atoms with Crippen molar-refractivity contribution in [1.82, 2.24) is 14.4 Å². The molecule has 0 bridgehead atoms. The van der Waals surface area contributed by atoms with Gasteiger partial charge >= 0.3 is 0 Å². The van der Waals surface area contributed by atoms with Crippen LogP contribution in [0.1, 0.15) is 18.4 Å². The summed E-state index contributed by atoms with van der Waals surface area (Å²) in [7, 11) is 0. The van der Waals surface area contributed by atoms with Gasteiger partial charge in [-0.25, -0.2) is 9.97 Å². The Morgan fingerprint density at radius 2 is 2.17 bits per heavy atom. The Bertz CT molecular complexity index is 1190. The van der Waals surface area contributed by atoms with E-state index in [0.717, 1.165) is 65.2 Å². The summed E-state index contributed by atoms with van der Waals surface area (Å²) in [6.07, 6.45) is 4.25. The second-order valence-electron chi connectivity index (χ2n) is 7.45. The molecule has 4 aromatic rings. The van der Waals surface area contributed by atoms with E-state index in [0.29, 0.717) is 10.8 Å². The smallest absolute Gasteiger partial charge is 0.150 e. The van der Waals surface area contributed by atoms with Crippen LogP contribution in [0.4, 0.5) is 11.5 Å². The van der Waals surface area contributed by atoms with E-state index in [1.165, 1.54) is 0 Å². The maximum atomic E-state index is 6.54. The molecule has 1 aliphatic rings. The first-order valence-electron chi connectivity index (χ1n) is 9.79. The fraction of sp³-hybridized carbons (Fsp3) is 0.273. The third-order valence-electron chi connectivity index (χ3n) is 5.48. The fourth-order valence-corrected chi connectivity index (χ4v) is 4.31. The van der Waals surface area contributed by atoms with Crippen molar-refractivity contribution >= 4 is 39.7 Å². The monoisotopic (exact) mass is 407 g/mol. The molecule has 3 N–H and O–H groups in total. The summed E-state index contributed by atoms with van der Waals surface area (Å²) in [4.78, 5) is 9.22. The van der Waals surface area contributed by atoms with Crippen molar-refractivity contribution < 1.29 is 4.74 Å². The first kappa shape index (κ1) is 18.2. The number of aryl methyl sites for hydroxylation is 1. The molecule has 1 unspecified atom stereocenters. The van der Waals surface area contributed by atoms with Crippen LogP contribution in [0.2, 0.25) is 5.02 Å². The van der Waals surface area contributed by atoms with Gasteiger partial charge in [-0.15, -0.1) is 0 Å². The summed E-state index contributed by atoms with van der Waals surface area (Å²) in [5, 5.41) is 4.15. The molecule has 2 aromatic carbocycles. The zero-order chi connectivity index (χ0) is 20.0. The highest BCUT2D eigenvalue weighted by molar-refractivity contribution is 6.33. The van der Waals surface area contributed by atoms with Crippen molar-refractivity contribution in [2.75, 3.05) is 24.2 Å². The number of nitrogens with one attached hydrogen (secondary N) is 1. The number of ether oxygens (including phenoxy) is 1. The summed E-state index contributed by atoms with van der Waals surface area (Å²) in [5.74, 6) is 1.21. The van der Waals surface area contributed by atoms with Crippen molar-refractivity contribution in [1.29, 1.82) is 0 Å². The molecule has 0 spiro atoms. The van der Waals surface area contributed by atoms with Crippen LogP contribution in [0.5, 0.6) is 0 Å². The average molecular weight is 408 g/mol. The second kappa shape index (κ2) is 7.21. The van der Waals surface area contributed by atoms with Crippen LogP contribution < -0.4 is 11.1 Å². The molecule has 3 heterocycles. The number of aromatic nitrogens is 3. The third-order valence-corrected chi connectivity index (χ3v) is 5.80. The Kier molecular flexibility index (Phi) is 4.53. The fourth-order valence-electron chi connectivity index (χ4n) is 4.00. The van der Waals surface area contributed by atoms with Crippen molar-refractivity contribution in [3.8, 4) is 11.4 Å². The van der Waals surface area contributed by atoms with E-state index in [9.17, 15) is 0 Å². The number of hydrogen-bond donors (Lipinski definition) is 2. The molecular formula is C22H22ClN5O. The van der Waals surface area contributed by atoms with Gasteiger partial charge in [0.1, 0.15) is 17.2 Å². The Morgan fingerprint density at radius 1 is 1.28 bits per heavy atom. The minimum atomic E-state index is 0.268. The molecule has 0 aliphatic carbocycles. The Morgan fingerprint density at radius 3 is 2.97 bits per heavy atom.